The fourth-order valence-electron chi connectivity index (χ4n) is 1.07. The van der Waals surface area contributed by atoms with Gasteiger partial charge in [0.05, 0.1) is 10.7 Å². The number of hydrogen-bond acceptors (Lipinski definition) is 3. The third-order valence-corrected chi connectivity index (χ3v) is 2.87. The predicted octanol–water partition coefficient (Wildman–Crippen LogP) is 0.569. The molecule has 0 fully saturated rings. The van der Waals surface area contributed by atoms with Crippen molar-refractivity contribution in [2.45, 2.75) is 11.3 Å². The Labute approximate surface area is 83.2 Å². The van der Waals surface area contributed by atoms with Gasteiger partial charge in [0.15, 0.2) is 9.84 Å². The average molecular weight is 212 g/mol. The summed E-state index contributed by atoms with van der Waals surface area (Å²) in [5, 5.41) is 7.07. The first-order chi connectivity index (χ1) is 6.39. The van der Waals surface area contributed by atoms with Gasteiger partial charge in [-0.3, -0.25) is 5.41 Å². The number of amidine groups is 1. The zero-order valence-corrected chi connectivity index (χ0v) is 8.64. The van der Waals surface area contributed by atoms with Gasteiger partial charge in [0.1, 0.15) is 0 Å². The molecule has 14 heavy (non-hydrogen) atoms. The summed E-state index contributed by atoms with van der Waals surface area (Å²) in [4.78, 5) is 0.282. The number of nitrogens with one attached hydrogen (secondary N) is 1. The molecular formula is C9H12N2O2S. The van der Waals surface area contributed by atoms with Crippen molar-refractivity contribution in [2.75, 3.05) is 6.26 Å². The van der Waals surface area contributed by atoms with Gasteiger partial charge in [-0.25, -0.2) is 8.42 Å². The molecule has 0 spiro atoms. The quantitative estimate of drug-likeness (QED) is 0.567. The van der Waals surface area contributed by atoms with Crippen LogP contribution in [-0.4, -0.2) is 20.5 Å². The molecule has 0 bridgehead atoms. The highest BCUT2D eigenvalue weighted by Crippen LogP contribution is 2.10. The van der Waals surface area contributed by atoms with Crippen LogP contribution in [0.5, 0.6) is 0 Å². The summed E-state index contributed by atoms with van der Waals surface area (Å²) >= 11 is 0. The van der Waals surface area contributed by atoms with Crippen LogP contribution in [0.3, 0.4) is 0 Å². The van der Waals surface area contributed by atoms with E-state index < -0.39 is 9.84 Å². The van der Waals surface area contributed by atoms with Crippen molar-refractivity contribution in [1.82, 2.24) is 0 Å². The van der Waals surface area contributed by atoms with Crippen LogP contribution in [0.1, 0.15) is 5.56 Å². The predicted molar refractivity (Wildman–Crippen MR) is 55.2 cm³/mol. The van der Waals surface area contributed by atoms with E-state index >= 15 is 0 Å². The molecule has 0 amide bonds. The van der Waals surface area contributed by atoms with E-state index in [2.05, 4.69) is 0 Å². The standard InChI is InChI=1S/C9H12N2O2S/c1-14(12,13)8-4-2-7(3-5-8)6-9(10)11/h2-5H,6H2,1H3,(H3,10,11). The number of nitrogens with two attached hydrogens (primary N) is 1. The summed E-state index contributed by atoms with van der Waals surface area (Å²) in [6.45, 7) is 0. The van der Waals surface area contributed by atoms with Gasteiger partial charge in [-0.05, 0) is 17.7 Å². The number of benzene rings is 1. The summed E-state index contributed by atoms with van der Waals surface area (Å²) in [6, 6.07) is 6.37. The summed E-state index contributed by atoms with van der Waals surface area (Å²) in [5.41, 5.74) is 6.05. The van der Waals surface area contributed by atoms with Gasteiger partial charge in [0, 0.05) is 12.7 Å². The molecule has 1 aromatic carbocycles. The monoisotopic (exact) mass is 212 g/mol. The van der Waals surface area contributed by atoms with Gasteiger partial charge in [0.2, 0.25) is 0 Å². The van der Waals surface area contributed by atoms with Crippen LogP contribution in [0.2, 0.25) is 0 Å². The highest BCUT2D eigenvalue weighted by molar-refractivity contribution is 7.90. The zero-order chi connectivity index (χ0) is 10.8. The van der Waals surface area contributed by atoms with Crippen molar-refractivity contribution in [1.29, 1.82) is 5.41 Å². The minimum absolute atomic E-state index is 0.0668. The second kappa shape index (κ2) is 3.79. The maximum Gasteiger partial charge on any atom is 0.175 e. The molecule has 3 N–H and O–H groups in total. The number of sulfone groups is 1. The first-order valence-corrected chi connectivity index (χ1v) is 5.90. The Bertz CT molecular complexity index is 434. The lowest BCUT2D eigenvalue weighted by Crippen LogP contribution is -2.12. The molecule has 0 aliphatic carbocycles. The maximum absolute atomic E-state index is 11.1. The molecule has 0 unspecified atom stereocenters. The number of rotatable bonds is 3. The topological polar surface area (TPSA) is 84.0 Å². The molecule has 1 rings (SSSR count). The third-order valence-electron chi connectivity index (χ3n) is 1.75. The van der Waals surface area contributed by atoms with Crippen LogP contribution < -0.4 is 5.73 Å². The Hall–Kier alpha value is -1.36. The molecule has 5 heteroatoms. The molecule has 0 aliphatic rings. The third kappa shape index (κ3) is 2.85. The fraction of sp³-hybridized carbons (Fsp3) is 0.222. The molecule has 0 saturated carbocycles. The van der Waals surface area contributed by atoms with Gasteiger partial charge in [-0.1, -0.05) is 12.1 Å². The van der Waals surface area contributed by atoms with E-state index in [0.29, 0.717) is 6.42 Å². The Balaban J connectivity index is 2.95. The van der Waals surface area contributed by atoms with Gasteiger partial charge in [-0.15, -0.1) is 0 Å². The lowest BCUT2D eigenvalue weighted by atomic mass is 10.1. The molecule has 0 radical (unpaired) electrons. The molecule has 1 aromatic rings. The summed E-state index contributed by atoms with van der Waals surface area (Å²) in [5.74, 6) is 0.0668. The highest BCUT2D eigenvalue weighted by Gasteiger charge is 2.05. The fourth-order valence-corrected chi connectivity index (χ4v) is 1.70. The van der Waals surface area contributed by atoms with Crippen molar-refractivity contribution < 1.29 is 8.42 Å². The van der Waals surface area contributed by atoms with E-state index in [1.807, 2.05) is 0 Å². The van der Waals surface area contributed by atoms with E-state index in [1.165, 1.54) is 12.1 Å². The van der Waals surface area contributed by atoms with Crippen LogP contribution in [0.4, 0.5) is 0 Å². The molecule has 76 valence electrons. The SMILES string of the molecule is CS(=O)(=O)c1ccc(CC(=N)N)cc1. The Morgan fingerprint density at radius 1 is 1.36 bits per heavy atom. The molecular weight excluding hydrogens is 200 g/mol. The highest BCUT2D eigenvalue weighted by atomic mass is 32.2. The summed E-state index contributed by atoms with van der Waals surface area (Å²) in [7, 11) is -3.13. The summed E-state index contributed by atoms with van der Waals surface area (Å²) < 4.78 is 22.2. The molecule has 0 saturated heterocycles. The maximum atomic E-state index is 11.1. The van der Waals surface area contributed by atoms with E-state index in [0.717, 1.165) is 11.8 Å². The van der Waals surface area contributed by atoms with Crippen LogP contribution in [0.25, 0.3) is 0 Å². The molecule has 4 nitrogen and oxygen atoms in total. The van der Waals surface area contributed by atoms with Gasteiger partial charge in [-0.2, -0.15) is 0 Å². The van der Waals surface area contributed by atoms with E-state index in [1.54, 1.807) is 12.1 Å². The second-order valence-electron chi connectivity index (χ2n) is 3.12. The van der Waals surface area contributed by atoms with Crippen LogP contribution in [-0.2, 0) is 16.3 Å². The Morgan fingerprint density at radius 3 is 2.21 bits per heavy atom. The van der Waals surface area contributed by atoms with E-state index in [9.17, 15) is 8.42 Å². The van der Waals surface area contributed by atoms with Crippen LogP contribution in [0.15, 0.2) is 29.2 Å². The van der Waals surface area contributed by atoms with Gasteiger partial charge in [0.25, 0.3) is 0 Å². The molecule has 0 atom stereocenters. The van der Waals surface area contributed by atoms with Crippen molar-refractivity contribution in [2.24, 2.45) is 5.73 Å². The van der Waals surface area contributed by atoms with Crippen molar-refractivity contribution in [3.63, 3.8) is 0 Å². The van der Waals surface area contributed by atoms with Gasteiger partial charge >= 0.3 is 0 Å². The zero-order valence-electron chi connectivity index (χ0n) is 7.82. The normalized spacial score (nSPS) is 11.2. The lowest BCUT2D eigenvalue weighted by Gasteiger charge is -2.01. The van der Waals surface area contributed by atoms with Gasteiger partial charge < -0.3 is 5.73 Å². The van der Waals surface area contributed by atoms with Crippen molar-refractivity contribution in [3.8, 4) is 0 Å². The lowest BCUT2D eigenvalue weighted by molar-refractivity contribution is 0.602. The van der Waals surface area contributed by atoms with Crippen molar-refractivity contribution in [3.05, 3.63) is 29.8 Å². The minimum Gasteiger partial charge on any atom is -0.387 e. The average Bonchev–Trinajstić information content (AvgIpc) is 2.02. The van der Waals surface area contributed by atoms with Crippen LogP contribution >= 0.6 is 0 Å². The molecule has 0 aliphatic heterocycles. The van der Waals surface area contributed by atoms with E-state index in [4.69, 9.17) is 11.1 Å². The van der Waals surface area contributed by atoms with Crippen LogP contribution in [0, 0.1) is 5.41 Å². The summed E-state index contributed by atoms with van der Waals surface area (Å²) in [6.07, 6.45) is 1.51. The minimum atomic E-state index is -3.13. The van der Waals surface area contributed by atoms with Crippen molar-refractivity contribution >= 4 is 15.7 Å². The molecule has 0 aromatic heterocycles. The number of hydrogen-bond donors (Lipinski definition) is 2. The first kappa shape index (κ1) is 10.7. The Morgan fingerprint density at radius 2 is 1.86 bits per heavy atom. The first-order valence-electron chi connectivity index (χ1n) is 4.01. The Kier molecular flexibility index (Phi) is 2.90. The second-order valence-corrected chi connectivity index (χ2v) is 5.13. The van der Waals surface area contributed by atoms with E-state index in [-0.39, 0.29) is 10.7 Å². The smallest absolute Gasteiger partial charge is 0.175 e. The molecule has 0 heterocycles. The largest absolute Gasteiger partial charge is 0.387 e.